The molecular weight excluding hydrogens is 264 g/mol. The van der Waals surface area contributed by atoms with E-state index >= 15 is 0 Å². The lowest BCUT2D eigenvalue weighted by Crippen LogP contribution is -2.45. The van der Waals surface area contributed by atoms with Gasteiger partial charge in [0, 0.05) is 25.0 Å². The summed E-state index contributed by atoms with van der Waals surface area (Å²) >= 11 is 0. The Hall–Kier alpha value is -1.59. The Bertz CT molecular complexity index is 412. The van der Waals surface area contributed by atoms with Gasteiger partial charge in [0.2, 0.25) is 0 Å². The monoisotopic (exact) mass is 294 g/mol. The molecule has 0 spiro atoms. The van der Waals surface area contributed by atoms with Crippen molar-refractivity contribution in [2.45, 2.75) is 72.5 Å². The number of aromatic nitrogens is 3. The fraction of sp³-hybridized carbons (Fsp3) is 0.800. The first-order valence-electron chi connectivity index (χ1n) is 8.04. The summed E-state index contributed by atoms with van der Waals surface area (Å²) in [6.07, 6.45) is 4.82. The first kappa shape index (κ1) is 17.5. The van der Waals surface area contributed by atoms with E-state index in [2.05, 4.69) is 65.0 Å². The van der Waals surface area contributed by atoms with Crippen LogP contribution >= 0.6 is 0 Å². The summed E-state index contributed by atoms with van der Waals surface area (Å²) in [6.45, 7) is 12.3. The summed E-state index contributed by atoms with van der Waals surface area (Å²) in [7, 11) is 0. The first-order valence-corrected chi connectivity index (χ1v) is 8.04. The highest BCUT2D eigenvalue weighted by Crippen LogP contribution is 1.97. The number of guanidine groups is 1. The topological polar surface area (TPSA) is 67.1 Å². The fourth-order valence-corrected chi connectivity index (χ4v) is 1.81. The maximum absolute atomic E-state index is 4.67. The maximum atomic E-state index is 4.67. The fourth-order valence-electron chi connectivity index (χ4n) is 1.81. The quantitative estimate of drug-likeness (QED) is 0.568. The van der Waals surface area contributed by atoms with Gasteiger partial charge in [-0.1, -0.05) is 20.8 Å². The molecule has 120 valence electrons. The third-order valence-electron chi connectivity index (χ3n) is 3.61. The Morgan fingerprint density at radius 1 is 1.19 bits per heavy atom. The van der Waals surface area contributed by atoms with Crippen LogP contribution in [0.25, 0.3) is 0 Å². The number of nitrogens with one attached hydrogen (secondary N) is 2. The normalized spacial score (nSPS) is 13.6. The van der Waals surface area contributed by atoms with Gasteiger partial charge < -0.3 is 15.2 Å². The molecule has 2 N–H and O–H groups in total. The average Bonchev–Trinajstić information content (AvgIpc) is 2.94. The van der Waals surface area contributed by atoms with Crippen molar-refractivity contribution in [1.82, 2.24) is 25.4 Å². The predicted octanol–water partition coefficient (Wildman–Crippen LogP) is 1.97. The Labute approximate surface area is 128 Å². The molecular formula is C15H30N6. The van der Waals surface area contributed by atoms with Crippen molar-refractivity contribution < 1.29 is 0 Å². The van der Waals surface area contributed by atoms with Gasteiger partial charge in [-0.3, -0.25) is 4.99 Å². The molecule has 2 unspecified atom stereocenters. The molecule has 0 saturated carbocycles. The van der Waals surface area contributed by atoms with Crippen LogP contribution in [0.2, 0.25) is 0 Å². The van der Waals surface area contributed by atoms with E-state index in [1.807, 2.05) is 0 Å². The highest BCUT2D eigenvalue weighted by atomic mass is 15.3. The zero-order valence-corrected chi connectivity index (χ0v) is 14.1. The number of rotatable bonds is 8. The lowest BCUT2D eigenvalue weighted by Gasteiger charge is -2.20. The van der Waals surface area contributed by atoms with Crippen molar-refractivity contribution >= 4 is 5.96 Å². The number of aryl methyl sites for hydroxylation is 1. The molecule has 0 aliphatic carbocycles. The van der Waals surface area contributed by atoms with Crippen molar-refractivity contribution in [3.8, 4) is 0 Å². The predicted molar refractivity (Wildman–Crippen MR) is 87.5 cm³/mol. The molecule has 0 saturated heterocycles. The molecule has 1 heterocycles. The molecule has 21 heavy (non-hydrogen) atoms. The third kappa shape index (κ3) is 6.14. The van der Waals surface area contributed by atoms with Crippen LogP contribution < -0.4 is 10.6 Å². The molecule has 0 bridgehead atoms. The van der Waals surface area contributed by atoms with Crippen molar-refractivity contribution in [3.63, 3.8) is 0 Å². The van der Waals surface area contributed by atoms with Gasteiger partial charge in [-0.2, -0.15) is 0 Å². The van der Waals surface area contributed by atoms with Gasteiger partial charge in [0.05, 0.1) is 6.54 Å². The second-order valence-corrected chi connectivity index (χ2v) is 5.43. The van der Waals surface area contributed by atoms with Crippen molar-refractivity contribution in [2.75, 3.05) is 6.54 Å². The number of nitrogens with zero attached hydrogens (tertiary/aromatic N) is 4. The third-order valence-corrected chi connectivity index (χ3v) is 3.61. The SMILES string of the molecule is CCc1nncn1CCN=C(NC(C)CC)NC(C)CC. The zero-order chi connectivity index (χ0) is 15.7. The zero-order valence-electron chi connectivity index (χ0n) is 14.1. The van der Waals surface area contributed by atoms with Crippen molar-refractivity contribution in [2.24, 2.45) is 4.99 Å². The number of hydrogen-bond donors (Lipinski definition) is 2. The van der Waals surface area contributed by atoms with Crippen LogP contribution in [0.3, 0.4) is 0 Å². The molecule has 0 aliphatic rings. The molecule has 0 amide bonds. The van der Waals surface area contributed by atoms with Crippen LogP contribution in [0, 0.1) is 0 Å². The summed E-state index contributed by atoms with van der Waals surface area (Å²) in [4.78, 5) is 4.67. The highest BCUT2D eigenvalue weighted by Gasteiger charge is 2.07. The van der Waals surface area contributed by atoms with Crippen LogP contribution in [0.5, 0.6) is 0 Å². The van der Waals surface area contributed by atoms with Crippen LogP contribution in [0.4, 0.5) is 0 Å². The molecule has 2 atom stereocenters. The molecule has 0 aromatic carbocycles. The van der Waals surface area contributed by atoms with E-state index < -0.39 is 0 Å². The van der Waals surface area contributed by atoms with Crippen molar-refractivity contribution in [3.05, 3.63) is 12.2 Å². The van der Waals surface area contributed by atoms with Gasteiger partial charge in [-0.25, -0.2) is 0 Å². The molecule has 0 aliphatic heterocycles. The molecule has 6 heteroatoms. The summed E-state index contributed by atoms with van der Waals surface area (Å²) < 4.78 is 2.06. The molecule has 0 fully saturated rings. The lowest BCUT2D eigenvalue weighted by molar-refractivity contribution is 0.578. The smallest absolute Gasteiger partial charge is 0.191 e. The summed E-state index contributed by atoms with van der Waals surface area (Å²) in [5.74, 6) is 1.90. The maximum Gasteiger partial charge on any atom is 0.191 e. The Morgan fingerprint density at radius 3 is 2.33 bits per heavy atom. The van der Waals surface area contributed by atoms with Crippen molar-refractivity contribution in [1.29, 1.82) is 0 Å². The Balaban J connectivity index is 2.59. The summed E-state index contributed by atoms with van der Waals surface area (Å²) in [6, 6.07) is 0.836. The van der Waals surface area contributed by atoms with E-state index in [-0.39, 0.29) is 0 Å². The summed E-state index contributed by atoms with van der Waals surface area (Å²) in [5.41, 5.74) is 0. The second kappa shape index (κ2) is 9.37. The number of hydrogen-bond acceptors (Lipinski definition) is 3. The van der Waals surface area contributed by atoms with E-state index in [1.54, 1.807) is 6.33 Å². The van der Waals surface area contributed by atoms with Gasteiger partial charge in [0.15, 0.2) is 5.96 Å². The molecule has 0 radical (unpaired) electrons. The van der Waals surface area contributed by atoms with Crippen LogP contribution in [-0.2, 0) is 13.0 Å². The van der Waals surface area contributed by atoms with Gasteiger partial charge in [-0.15, -0.1) is 10.2 Å². The molecule has 1 aromatic rings. The molecule has 1 aromatic heterocycles. The van der Waals surface area contributed by atoms with E-state index in [9.17, 15) is 0 Å². The lowest BCUT2D eigenvalue weighted by atomic mass is 10.2. The minimum atomic E-state index is 0.418. The highest BCUT2D eigenvalue weighted by molar-refractivity contribution is 5.80. The largest absolute Gasteiger partial charge is 0.354 e. The Kier molecular flexibility index (Phi) is 7.79. The van der Waals surface area contributed by atoms with Crippen LogP contribution in [0.15, 0.2) is 11.3 Å². The van der Waals surface area contributed by atoms with Gasteiger partial charge in [0.25, 0.3) is 0 Å². The number of aliphatic imine (C=N–C) groups is 1. The van der Waals surface area contributed by atoms with Crippen LogP contribution in [-0.4, -0.2) is 39.4 Å². The first-order chi connectivity index (χ1) is 10.1. The van der Waals surface area contributed by atoms with E-state index in [0.717, 1.165) is 37.6 Å². The van der Waals surface area contributed by atoms with Gasteiger partial charge >= 0.3 is 0 Å². The Morgan fingerprint density at radius 2 is 1.81 bits per heavy atom. The van der Waals surface area contributed by atoms with Gasteiger partial charge in [0.1, 0.15) is 12.2 Å². The van der Waals surface area contributed by atoms with Crippen LogP contribution in [0.1, 0.15) is 53.3 Å². The van der Waals surface area contributed by atoms with E-state index in [1.165, 1.54) is 0 Å². The minimum Gasteiger partial charge on any atom is -0.354 e. The minimum absolute atomic E-state index is 0.418. The van der Waals surface area contributed by atoms with E-state index in [0.29, 0.717) is 18.6 Å². The summed E-state index contributed by atoms with van der Waals surface area (Å²) in [5, 5.41) is 14.9. The van der Waals surface area contributed by atoms with Gasteiger partial charge in [-0.05, 0) is 26.7 Å². The molecule has 1 rings (SSSR count). The second-order valence-electron chi connectivity index (χ2n) is 5.43. The molecule has 6 nitrogen and oxygen atoms in total. The van der Waals surface area contributed by atoms with E-state index in [4.69, 9.17) is 0 Å². The standard InChI is InChI=1S/C15H30N6/c1-6-12(4)18-15(19-13(5)7-2)16-9-10-21-11-17-20-14(21)8-3/h11-13H,6-10H2,1-5H3,(H2,16,18,19). The average molecular weight is 294 g/mol.